The van der Waals surface area contributed by atoms with Crippen molar-refractivity contribution in [3.8, 4) is 5.75 Å². The molecule has 7 aliphatic rings. The molecule has 2 aromatic rings. The molecule has 6 heteroatoms. The Kier molecular flexibility index (Phi) is 4.30. The maximum absolute atomic E-state index is 13.9. The van der Waals surface area contributed by atoms with Crippen molar-refractivity contribution in [2.45, 2.75) is 49.8 Å². The zero-order chi connectivity index (χ0) is 23.6. The van der Waals surface area contributed by atoms with Crippen LogP contribution < -0.4 is 4.74 Å². The van der Waals surface area contributed by atoms with Crippen molar-refractivity contribution in [1.29, 1.82) is 0 Å². The highest BCUT2D eigenvalue weighted by Crippen LogP contribution is 2.75. The van der Waals surface area contributed by atoms with Crippen LogP contribution in [-0.2, 0) is 14.9 Å². The van der Waals surface area contributed by atoms with Crippen LogP contribution in [0.25, 0.3) is 10.8 Å². The van der Waals surface area contributed by atoms with Crippen molar-refractivity contribution in [2.24, 2.45) is 65.1 Å². The third-order valence-corrected chi connectivity index (χ3v) is 12.5. The maximum atomic E-state index is 13.9. The van der Waals surface area contributed by atoms with Crippen LogP contribution in [0.5, 0.6) is 5.75 Å². The first-order valence-corrected chi connectivity index (χ1v) is 15.0. The van der Waals surface area contributed by atoms with E-state index in [2.05, 4.69) is 0 Å². The number of carbonyl (C=O) groups excluding carboxylic acids is 1. The molecule has 9 rings (SSSR count). The number of hydrogen-bond donors (Lipinski definition) is 0. The Morgan fingerprint density at radius 2 is 1.31 bits per heavy atom. The van der Waals surface area contributed by atoms with Crippen molar-refractivity contribution in [3.05, 3.63) is 36.4 Å². The van der Waals surface area contributed by atoms with Gasteiger partial charge in [0.15, 0.2) is 0 Å². The highest BCUT2D eigenvalue weighted by atomic mass is 32.2. The van der Waals surface area contributed by atoms with Gasteiger partial charge < -0.3 is 9.29 Å². The van der Waals surface area contributed by atoms with E-state index in [1.54, 1.807) is 24.3 Å². The van der Waals surface area contributed by atoms with Crippen LogP contribution in [0.3, 0.4) is 0 Å². The summed E-state index contributed by atoms with van der Waals surface area (Å²) in [5.74, 6) is 7.79. The standard InChI is InChI=1S/C29H32O5S/c30-29(34-22-9-10-23(35(31,32)33)19-4-2-1-3-18(19)22)21-13-20-24-14-5-7-16(11-14)26(24)28(21)27-17-8-6-15(12-17)25(20)27/h1-4,9-10,14-17,20-21,24-28H,5-8,11-13H2,(H,31,32,33)/p-1. The number of carbonyl (C=O) groups is 1. The topological polar surface area (TPSA) is 83.5 Å². The van der Waals surface area contributed by atoms with Crippen LogP contribution in [0.2, 0.25) is 0 Å². The smallest absolute Gasteiger partial charge is 0.314 e. The van der Waals surface area contributed by atoms with Crippen LogP contribution in [0.15, 0.2) is 41.3 Å². The van der Waals surface area contributed by atoms with E-state index in [0.29, 0.717) is 40.2 Å². The second-order valence-electron chi connectivity index (χ2n) is 12.5. The average Bonchev–Trinajstić information content (AvgIpc) is 3.65. The minimum absolute atomic E-state index is 0.0529. The molecule has 184 valence electrons. The van der Waals surface area contributed by atoms with E-state index in [1.165, 1.54) is 50.7 Å². The summed E-state index contributed by atoms with van der Waals surface area (Å²) in [4.78, 5) is 13.6. The Hall–Kier alpha value is -1.92. The second-order valence-corrected chi connectivity index (χ2v) is 13.9. The molecule has 0 heterocycles. The highest BCUT2D eigenvalue weighted by Gasteiger charge is 2.70. The monoisotopic (exact) mass is 491 g/mol. The fourth-order valence-electron chi connectivity index (χ4n) is 11.0. The largest absolute Gasteiger partial charge is 0.744 e. The summed E-state index contributed by atoms with van der Waals surface area (Å²) < 4.78 is 41.5. The molecule has 0 radical (unpaired) electrons. The van der Waals surface area contributed by atoms with Crippen molar-refractivity contribution in [3.63, 3.8) is 0 Å². The van der Waals surface area contributed by atoms with Crippen LogP contribution >= 0.6 is 0 Å². The van der Waals surface area contributed by atoms with Crippen LogP contribution in [0.1, 0.15) is 44.9 Å². The molecule has 9 atom stereocenters. The molecule has 0 N–H and O–H groups in total. The average molecular weight is 492 g/mol. The third-order valence-electron chi connectivity index (χ3n) is 11.6. The summed E-state index contributed by atoms with van der Waals surface area (Å²) in [5.41, 5.74) is 0. The van der Waals surface area contributed by atoms with E-state index in [-0.39, 0.29) is 16.8 Å². The lowest BCUT2D eigenvalue weighted by molar-refractivity contribution is -0.174. The summed E-state index contributed by atoms with van der Waals surface area (Å²) in [5, 5.41) is 0.827. The van der Waals surface area contributed by atoms with E-state index < -0.39 is 10.1 Å². The lowest BCUT2D eigenvalue weighted by atomic mass is 9.42. The minimum Gasteiger partial charge on any atom is -0.744 e. The summed E-state index contributed by atoms with van der Waals surface area (Å²) >= 11 is 0. The van der Waals surface area contributed by atoms with Crippen molar-refractivity contribution < 1.29 is 22.5 Å². The highest BCUT2D eigenvalue weighted by molar-refractivity contribution is 7.86. The lowest BCUT2D eigenvalue weighted by Gasteiger charge is -2.62. The van der Waals surface area contributed by atoms with Gasteiger partial charge in [-0.15, -0.1) is 0 Å². The Balaban J connectivity index is 1.16. The van der Waals surface area contributed by atoms with Gasteiger partial charge in [-0.25, -0.2) is 8.42 Å². The molecule has 0 amide bonds. The molecular formula is C29H31O5S-. The van der Waals surface area contributed by atoms with E-state index in [1.807, 2.05) is 0 Å². The summed E-state index contributed by atoms with van der Waals surface area (Å²) in [6.07, 6.45) is 9.23. The molecule has 35 heavy (non-hydrogen) atoms. The van der Waals surface area contributed by atoms with Gasteiger partial charge in [0.1, 0.15) is 15.9 Å². The van der Waals surface area contributed by atoms with Gasteiger partial charge in [-0.3, -0.25) is 4.79 Å². The number of fused-ring (bicyclic) bond motifs is 6. The minimum atomic E-state index is -4.62. The fraction of sp³-hybridized carbons (Fsp3) is 0.621. The molecule has 6 bridgehead atoms. The zero-order valence-corrected chi connectivity index (χ0v) is 20.5. The van der Waals surface area contributed by atoms with Crippen molar-refractivity contribution in [1.82, 2.24) is 0 Å². The zero-order valence-electron chi connectivity index (χ0n) is 19.7. The van der Waals surface area contributed by atoms with Crippen LogP contribution in [-0.4, -0.2) is 18.9 Å². The van der Waals surface area contributed by atoms with Gasteiger partial charge in [0.05, 0.1) is 10.8 Å². The molecule has 5 nitrogen and oxygen atoms in total. The van der Waals surface area contributed by atoms with Crippen molar-refractivity contribution in [2.75, 3.05) is 0 Å². The molecular weight excluding hydrogens is 460 g/mol. The molecule has 9 unspecified atom stereocenters. The summed E-state index contributed by atoms with van der Waals surface area (Å²) in [7, 11) is -4.62. The molecule has 2 aromatic carbocycles. The molecule has 7 fully saturated rings. The summed E-state index contributed by atoms with van der Waals surface area (Å²) in [6, 6.07) is 9.61. The molecule has 0 spiro atoms. The van der Waals surface area contributed by atoms with Crippen LogP contribution in [0.4, 0.5) is 0 Å². The SMILES string of the molecule is O=C(Oc1ccc(S(=O)(=O)[O-])c2ccccc12)C1CC2C3C4CCC(C4)C3C1C1C3CCC(C3)C21. The predicted octanol–water partition coefficient (Wildman–Crippen LogP) is 5.24. The number of ether oxygens (including phenoxy) is 1. The predicted molar refractivity (Wildman–Crippen MR) is 128 cm³/mol. The Morgan fingerprint density at radius 1 is 0.743 bits per heavy atom. The van der Waals surface area contributed by atoms with Gasteiger partial charge in [-0.1, -0.05) is 24.3 Å². The van der Waals surface area contributed by atoms with Gasteiger partial charge in [0, 0.05) is 10.8 Å². The normalized spacial score (nSPS) is 44.5. The number of esters is 1. The van der Waals surface area contributed by atoms with Gasteiger partial charge in [-0.05, 0) is 116 Å². The summed E-state index contributed by atoms with van der Waals surface area (Å²) in [6.45, 7) is 0. The number of hydrogen-bond acceptors (Lipinski definition) is 5. The van der Waals surface area contributed by atoms with Gasteiger partial charge in [0.2, 0.25) is 0 Å². The van der Waals surface area contributed by atoms with Gasteiger partial charge in [-0.2, -0.15) is 0 Å². The van der Waals surface area contributed by atoms with Gasteiger partial charge >= 0.3 is 5.97 Å². The molecule has 7 saturated carbocycles. The van der Waals surface area contributed by atoms with Gasteiger partial charge in [0.25, 0.3) is 0 Å². The second kappa shape index (κ2) is 7.10. The molecule has 7 aliphatic carbocycles. The first-order chi connectivity index (χ1) is 16.9. The Labute approximate surface area is 206 Å². The van der Waals surface area contributed by atoms with E-state index in [0.717, 1.165) is 41.9 Å². The quantitative estimate of drug-likeness (QED) is 0.333. The van der Waals surface area contributed by atoms with E-state index in [4.69, 9.17) is 4.74 Å². The van der Waals surface area contributed by atoms with E-state index >= 15 is 0 Å². The number of benzene rings is 2. The Morgan fingerprint density at radius 3 is 1.91 bits per heavy atom. The first-order valence-electron chi connectivity index (χ1n) is 13.6. The maximum Gasteiger partial charge on any atom is 0.314 e. The molecule has 0 saturated heterocycles. The number of rotatable bonds is 3. The van der Waals surface area contributed by atoms with E-state index in [9.17, 15) is 17.8 Å². The van der Waals surface area contributed by atoms with Crippen molar-refractivity contribution >= 4 is 26.9 Å². The Bertz CT molecular complexity index is 1320. The van der Waals surface area contributed by atoms with Crippen LogP contribution in [0, 0.1) is 65.1 Å². The third kappa shape index (κ3) is 2.79. The fourth-order valence-corrected chi connectivity index (χ4v) is 11.7. The lowest BCUT2D eigenvalue weighted by Crippen LogP contribution is -2.59. The molecule has 0 aliphatic heterocycles. The molecule has 0 aromatic heterocycles. The first kappa shape index (κ1) is 21.2.